The van der Waals surface area contributed by atoms with E-state index in [-0.39, 0.29) is 5.91 Å². The molecule has 0 spiro atoms. The fourth-order valence-corrected chi connectivity index (χ4v) is 4.96. The Kier molecular flexibility index (Phi) is 6.00. The van der Waals surface area contributed by atoms with Crippen molar-refractivity contribution in [3.05, 3.63) is 63.6 Å². The number of anilines is 1. The number of likely N-dealkylation sites (N-methyl/N-ethyl adjacent to an activating group) is 1. The lowest BCUT2D eigenvalue weighted by Gasteiger charge is -2.18. The second kappa shape index (κ2) is 8.68. The third-order valence-electron chi connectivity index (χ3n) is 5.93. The summed E-state index contributed by atoms with van der Waals surface area (Å²) in [4.78, 5) is 22.7. The molecule has 0 N–H and O–H groups in total. The Morgan fingerprint density at radius 3 is 2.43 bits per heavy atom. The van der Waals surface area contributed by atoms with Gasteiger partial charge in [0.05, 0.1) is 10.6 Å². The first kappa shape index (κ1) is 20.7. The fraction of sp³-hybridized carbons (Fsp3) is 0.360. The van der Waals surface area contributed by atoms with Crippen molar-refractivity contribution < 1.29 is 4.79 Å². The van der Waals surface area contributed by atoms with Crippen LogP contribution in [0.2, 0.25) is 0 Å². The summed E-state index contributed by atoms with van der Waals surface area (Å²) in [5.74, 6) is 0.0353. The minimum absolute atomic E-state index is 0.0353. The van der Waals surface area contributed by atoms with Crippen molar-refractivity contribution in [2.75, 3.05) is 24.5 Å². The minimum atomic E-state index is 0.0353. The number of hydrogen-bond acceptors (Lipinski definition) is 4. The normalized spacial score (nSPS) is 19.5. The molecule has 2 aliphatic heterocycles. The molecule has 0 saturated carbocycles. The van der Waals surface area contributed by atoms with Gasteiger partial charge in [0.25, 0.3) is 5.91 Å². The van der Waals surface area contributed by atoms with Crippen LogP contribution in [0, 0.1) is 20.8 Å². The molecule has 4 rings (SSSR count). The SMILES string of the molecule is CCN1C(=O)/C(=C\c2ccc(N3CCCC3)cc2C)SC1=Nc1ccc(C)c(C)c1. The zero-order chi connectivity index (χ0) is 21.3. The number of thioether (sulfide) groups is 1. The number of aliphatic imine (C=N–C) groups is 1. The van der Waals surface area contributed by atoms with Crippen LogP contribution in [0.5, 0.6) is 0 Å². The van der Waals surface area contributed by atoms with Crippen LogP contribution >= 0.6 is 11.8 Å². The molecule has 0 unspecified atom stereocenters. The Bertz CT molecular complexity index is 1030. The van der Waals surface area contributed by atoms with Crippen molar-refractivity contribution >= 4 is 40.3 Å². The van der Waals surface area contributed by atoms with Crippen molar-refractivity contribution in [1.82, 2.24) is 4.90 Å². The van der Waals surface area contributed by atoms with Crippen LogP contribution in [-0.2, 0) is 4.79 Å². The fourth-order valence-electron chi connectivity index (χ4n) is 3.91. The van der Waals surface area contributed by atoms with E-state index < -0.39 is 0 Å². The monoisotopic (exact) mass is 419 g/mol. The Morgan fingerprint density at radius 2 is 1.77 bits per heavy atom. The number of amidine groups is 1. The van der Waals surface area contributed by atoms with Gasteiger partial charge in [-0.25, -0.2) is 4.99 Å². The van der Waals surface area contributed by atoms with Crippen molar-refractivity contribution in [3.63, 3.8) is 0 Å². The molecule has 30 heavy (non-hydrogen) atoms. The molecule has 2 fully saturated rings. The van der Waals surface area contributed by atoms with Gasteiger partial charge in [-0.2, -0.15) is 0 Å². The molecule has 0 aromatic heterocycles. The highest BCUT2D eigenvalue weighted by Gasteiger charge is 2.32. The number of nitrogens with zero attached hydrogens (tertiary/aromatic N) is 3. The summed E-state index contributed by atoms with van der Waals surface area (Å²) in [5, 5.41) is 0.753. The van der Waals surface area contributed by atoms with Crippen LogP contribution in [0.4, 0.5) is 11.4 Å². The summed E-state index contributed by atoms with van der Waals surface area (Å²) in [7, 11) is 0. The smallest absolute Gasteiger partial charge is 0.266 e. The Morgan fingerprint density at radius 1 is 1.00 bits per heavy atom. The first-order valence-electron chi connectivity index (χ1n) is 10.7. The standard InChI is InChI=1S/C25H29N3OS/c1-5-28-24(29)23(30-25(28)26-21-10-8-17(2)18(3)14-21)16-20-9-11-22(15-19(20)4)27-12-6-7-13-27/h8-11,14-16H,5-7,12-13H2,1-4H3/b23-16+,26-25?. The molecule has 1 amide bonds. The largest absolute Gasteiger partial charge is 0.372 e. The van der Waals surface area contributed by atoms with Gasteiger partial charge in [-0.05, 0) is 105 Å². The molecule has 0 radical (unpaired) electrons. The van der Waals surface area contributed by atoms with E-state index in [4.69, 9.17) is 4.99 Å². The molecule has 4 nitrogen and oxygen atoms in total. The van der Waals surface area contributed by atoms with Crippen molar-refractivity contribution in [1.29, 1.82) is 0 Å². The number of hydrogen-bond donors (Lipinski definition) is 0. The maximum Gasteiger partial charge on any atom is 0.266 e. The highest BCUT2D eigenvalue weighted by molar-refractivity contribution is 8.18. The number of carbonyl (C=O) groups excluding carboxylic acids is 1. The average molecular weight is 420 g/mol. The molecule has 5 heteroatoms. The predicted octanol–water partition coefficient (Wildman–Crippen LogP) is 5.84. The summed E-state index contributed by atoms with van der Waals surface area (Å²) in [6.45, 7) is 11.2. The van der Waals surface area contributed by atoms with Crippen LogP contribution in [0.15, 0.2) is 46.3 Å². The first-order valence-corrected chi connectivity index (χ1v) is 11.5. The third-order valence-corrected chi connectivity index (χ3v) is 6.94. The summed E-state index contributed by atoms with van der Waals surface area (Å²) >= 11 is 1.47. The van der Waals surface area contributed by atoms with Crippen molar-refractivity contribution in [2.24, 2.45) is 4.99 Å². The van der Waals surface area contributed by atoms with E-state index in [1.807, 2.05) is 19.1 Å². The summed E-state index contributed by atoms with van der Waals surface area (Å²) in [6, 6.07) is 12.7. The van der Waals surface area contributed by atoms with Gasteiger partial charge in [-0.15, -0.1) is 0 Å². The second-order valence-corrected chi connectivity index (χ2v) is 9.07. The van der Waals surface area contributed by atoms with E-state index in [1.54, 1.807) is 4.90 Å². The van der Waals surface area contributed by atoms with Crippen LogP contribution in [-0.4, -0.2) is 35.6 Å². The molecule has 0 bridgehead atoms. The lowest BCUT2D eigenvalue weighted by atomic mass is 10.1. The molecule has 2 aromatic carbocycles. The Labute approximate surface area is 183 Å². The van der Waals surface area contributed by atoms with E-state index in [2.05, 4.69) is 56.0 Å². The topological polar surface area (TPSA) is 35.9 Å². The van der Waals surface area contributed by atoms with Gasteiger partial charge in [0.15, 0.2) is 5.17 Å². The lowest BCUT2D eigenvalue weighted by molar-refractivity contribution is -0.122. The summed E-state index contributed by atoms with van der Waals surface area (Å²) in [6.07, 6.45) is 4.55. The van der Waals surface area contributed by atoms with Gasteiger partial charge in [0.1, 0.15) is 0 Å². The van der Waals surface area contributed by atoms with Gasteiger partial charge in [-0.1, -0.05) is 12.1 Å². The van der Waals surface area contributed by atoms with E-state index in [1.165, 1.54) is 47.0 Å². The second-order valence-electron chi connectivity index (χ2n) is 8.06. The van der Waals surface area contributed by atoms with Crippen LogP contribution in [0.25, 0.3) is 6.08 Å². The zero-order valence-corrected chi connectivity index (χ0v) is 19.1. The van der Waals surface area contributed by atoms with E-state index in [0.717, 1.165) is 34.4 Å². The van der Waals surface area contributed by atoms with Gasteiger partial charge in [0, 0.05) is 25.3 Å². The van der Waals surface area contributed by atoms with Crippen molar-refractivity contribution in [3.8, 4) is 0 Å². The number of benzene rings is 2. The average Bonchev–Trinajstić information content (AvgIpc) is 3.35. The molecule has 2 saturated heterocycles. The maximum atomic E-state index is 13.0. The van der Waals surface area contributed by atoms with Crippen molar-refractivity contribution in [2.45, 2.75) is 40.5 Å². The number of carbonyl (C=O) groups is 1. The Hall–Kier alpha value is -2.53. The molecule has 2 heterocycles. The number of rotatable bonds is 4. The van der Waals surface area contributed by atoms with Crippen LogP contribution in [0.1, 0.15) is 42.0 Å². The van der Waals surface area contributed by atoms with Crippen LogP contribution < -0.4 is 4.90 Å². The molecule has 2 aliphatic rings. The third kappa shape index (κ3) is 4.17. The number of aryl methyl sites for hydroxylation is 3. The van der Waals surface area contributed by atoms with Gasteiger partial charge in [0.2, 0.25) is 0 Å². The lowest BCUT2D eigenvalue weighted by Crippen LogP contribution is -2.28. The zero-order valence-electron chi connectivity index (χ0n) is 18.2. The first-order chi connectivity index (χ1) is 14.5. The molecular formula is C25H29N3OS. The Balaban J connectivity index is 1.61. The highest BCUT2D eigenvalue weighted by Crippen LogP contribution is 2.35. The quantitative estimate of drug-likeness (QED) is 0.585. The maximum absolute atomic E-state index is 13.0. The number of amides is 1. The van der Waals surface area contributed by atoms with Gasteiger partial charge in [-0.3, -0.25) is 9.69 Å². The molecular weight excluding hydrogens is 390 g/mol. The van der Waals surface area contributed by atoms with E-state index in [9.17, 15) is 4.79 Å². The minimum Gasteiger partial charge on any atom is -0.372 e. The summed E-state index contributed by atoms with van der Waals surface area (Å²) < 4.78 is 0. The predicted molar refractivity (Wildman–Crippen MR) is 129 cm³/mol. The molecule has 0 aliphatic carbocycles. The van der Waals surface area contributed by atoms with E-state index >= 15 is 0 Å². The van der Waals surface area contributed by atoms with Gasteiger partial charge >= 0.3 is 0 Å². The molecule has 0 atom stereocenters. The van der Waals surface area contributed by atoms with E-state index in [0.29, 0.717) is 6.54 Å². The van der Waals surface area contributed by atoms with Gasteiger partial charge < -0.3 is 4.90 Å². The summed E-state index contributed by atoms with van der Waals surface area (Å²) in [5.41, 5.74) is 6.91. The molecule has 2 aromatic rings. The highest BCUT2D eigenvalue weighted by atomic mass is 32.2. The van der Waals surface area contributed by atoms with Crippen LogP contribution in [0.3, 0.4) is 0 Å². The molecule has 156 valence electrons.